The summed E-state index contributed by atoms with van der Waals surface area (Å²) < 4.78 is 19.7. The number of rotatable bonds is 4. The minimum atomic E-state index is -0.540. The fourth-order valence-corrected chi connectivity index (χ4v) is 2.30. The van der Waals surface area contributed by atoms with Crippen LogP contribution < -0.4 is 10.5 Å². The molecule has 0 aliphatic heterocycles. The first-order valence-corrected chi connectivity index (χ1v) is 6.70. The molecule has 0 saturated heterocycles. The highest BCUT2D eigenvalue weighted by atomic mass is 79.9. The number of nitrogens with zero attached hydrogens (tertiary/aromatic N) is 1. The van der Waals surface area contributed by atoms with E-state index in [1.165, 1.54) is 12.1 Å². The van der Waals surface area contributed by atoms with E-state index in [1.807, 2.05) is 6.07 Å². The summed E-state index contributed by atoms with van der Waals surface area (Å²) in [6, 6.07) is 6.32. The Kier molecular flexibility index (Phi) is 4.74. The van der Waals surface area contributed by atoms with Crippen LogP contribution in [-0.4, -0.2) is 11.5 Å². The molecule has 1 aromatic carbocycles. The van der Waals surface area contributed by atoms with E-state index in [0.29, 0.717) is 10.2 Å². The minimum absolute atomic E-state index is 0.0323. The first-order valence-electron chi connectivity index (χ1n) is 5.53. The zero-order valence-corrected chi connectivity index (χ0v) is 12.2. The summed E-state index contributed by atoms with van der Waals surface area (Å²) in [6.07, 6.45) is 2.93. The number of pyridine rings is 1. The van der Waals surface area contributed by atoms with Gasteiger partial charge in [-0.15, -0.1) is 0 Å². The largest absolute Gasteiger partial charge is 0.483 e. The van der Waals surface area contributed by atoms with Crippen molar-refractivity contribution in [1.82, 2.24) is 4.98 Å². The average Bonchev–Trinajstić information content (AvgIpc) is 2.42. The van der Waals surface area contributed by atoms with Crippen molar-refractivity contribution < 1.29 is 9.13 Å². The van der Waals surface area contributed by atoms with E-state index >= 15 is 0 Å². The van der Waals surface area contributed by atoms with Crippen LogP contribution in [0, 0.1) is 5.82 Å². The monoisotopic (exact) mass is 344 g/mol. The molecule has 2 aromatic rings. The van der Waals surface area contributed by atoms with Gasteiger partial charge < -0.3 is 10.5 Å². The predicted octanol–water partition coefficient (Wildman–Crippen LogP) is 3.72. The van der Waals surface area contributed by atoms with Gasteiger partial charge in [0.1, 0.15) is 17.7 Å². The van der Waals surface area contributed by atoms with Gasteiger partial charge in [-0.05, 0) is 28.1 Å². The molecule has 0 saturated carbocycles. The standard InChI is InChI=1S/C13H11BrClFN2O/c14-9-4-10(15)11(16)5-12(9)19-13(6-17)8-2-1-3-18-7-8/h1-5,7,13H,6,17H2. The lowest BCUT2D eigenvalue weighted by molar-refractivity contribution is 0.211. The molecule has 0 bridgehead atoms. The Morgan fingerprint density at radius 1 is 1.47 bits per heavy atom. The van der Waals surface area contributed by atoms with Gasteiger partial charge in [-0.25, -0.2) is 4.39 Å². The summed E-state index contributed by atoms with van der Waals surface area (Å²) in [7, 11) is 0. The molecule has 2 rings (SSSR count). The molecule has 0 fully saturated rings. The molecule has 1 unspecified atom stereocenters. The van der Waals surface area contributed by atoms with Gasteiger partial charge in [-0.2, -0.15) is 0 Å². The number of benzene rings is 1. The minimum Gasteiger partial charge on any atom is -0.483 e. The Labute approximate surface area is 123 Å². The van der Waals surface area contributed by atoms with Gasteiger partial charge in [0.15, 0.2) is 0 Å². The molecular formula is C13H11BrClFN2O. The molecule has 1 heterocycles. The van der Waals surface area contributed by atoms with E-state index in [1.54, 1.807) is 18.5 Å². The van der Waals surface area contributed by atoms with Crippen LogP contribution in [0.4, 0.5) is 4.39 Å². The molecule has 2 N–H and O–H groups in total. The highest BCUT2D eigenvalue weighted by Crippen LogP contribution is 2.33. The fourth-order valence-electron chi connectivity index (χ4n) is 1.57. The third-order valence-electron chi connectivity index (χ3n) is 2.51. The zero-order chi connectivity index (χ0) is 13.8. The second-order valence-electron chi connectivity index (χ2n) is 3.83. The lowest BCUT2D eigenvalue weighted by atomic mass is 10.1. The Bertz CT molecular complexity index is 568. The van der Waals surface area contributed by atoms with E-state index in [-0.39, 0.29) is 11.6 Å². The molecule has 0 amide bonds. The van der Waals surface area contributed by atoms with Gasteiger partial charge in [0.2, 0.25) is 0 Å². The lowest BCUT2D eigenvalue weighted by Gasteiger charge is -2.18. The first kappa shape index (κ1) is 14.2. The van der Waals surface area contributed by atoms with Crippen molar-refractivity contribution in [2.45, 2.75) is 6.10 Å². The van der Waals surface area contributed by atoms with Gasteiger partial charge in [0.25, 0.3) is 0 Å². The Hall–Kier alpha value is -1.17. The predicted molar refractivity (Wildman–Crippen MR) is 75.8 cm³/mol. The summed E-state index contributed by atoms with van der Waals surface area (Å²) in [5.74, 6) is -0.192. The maximum atomic E-state index is 13.4. The molecule has 0 aliphatic carbocycles. The Morgan fingerprint density at radius 2 is 2.26 bits per heavy atom. The smallest absolute Gasteiger partial charge is 0.145 e. The lowest BCUT2D eigenvalue weighted by Crippen LogP contribution is -2.18. The number of halogens is 3. The normalized spacial score (nSPS) is 12.2. The fraction of sp³-hybridized carbons (Fsp3) is 0.154. The van der Waals surface area contributed by atoms with Crippen LogP contribution in [-0.2, 0) is 0 Å². The molecule has 0 radical (unpaired) electrons. The third kappa shape index (κ3) is 3.43. The second kappa shape index (κ2) is 6.32. The third-order valence-corrected chi connectivity index (χ3v) is 3.42. The SMILES string of the molecule is NCC(Oc1cc(F)c(Cl)cc1Br)c1cccnc1. The molecule has 3 nitrogen and oxygen atoms in total. The molecule has 0 spiro atoms. The van der Waals surface area contributed by atoms with Crippen LogP contribution in [0.5, 0.6) is 5.75 Å². The van der Waals surface area contributed by atoms with Gasteiger partial charge in [-0.3, -0.25) is 4.98 Å². The highest BCUT2D eigenvalue weighted by molar-refractivity contribution is 9.10. The maximum Gasteiger partial charge on any atom is 0.145 e. The quantitative estimate of drug-likeness (QED) is 0.859. The van der Waals surface area contributed by atoms with E-state index in [9.17, 15) is 4.39 Å². The number of nitrogens with two attached hydrogens (primary N) is 1. The van der Waals surface area contributed by atoms with E-state index in [0.717, 1.165) is 5.56 Å². The number of aromatic nitrogens is 1. The molecular weight excluding hydrogens is 335 g/mol. The molecule has 1 atom stereocenters. The van der Waals surface area contributed by atoms with Crippen LogP contribution in [0.1, 0.15) is 11.7 Å². The second-order valence-corrected chi connectivity index (χ2v) is 5.09. The first-order chi connectivity index (χ1) is 9.11. The molecule has 1 aromatic heterocycles. The summed E-state index contributed by atoms with van der Waals surface area (Å²) >= 11 is 8.96. The van der Waals surface area contributed by atoms with Gasteiger partial charge in [0, 0.05) is 30.6 Å². The van der Waals surface area contributed by atoms with Gasteiger partial charge >= 0.3 is 0 Å². The summed E-state index contributed by atoms with van der Waals surface area (Å²) in [6.45, 7) is 0.252. The number of hydrogen-bond acceptors (Lipinski definition) is 3. The number of ether oxygens (including phenoxy) is 1. The van der Waals surface area contributed by atoms with Gasteiger partial charge in [-0.1, -0.05) is 17.7 Å². The van der Waals surface area contributed by atoms with E-state index in [2.05, 4.69) is 20.9 Å². The van der Waals surface area contributed by atoms with E-state index in [4.69, 9.17) is 22.1 Å². The van der Waals surface area contributed by atoms with Crippen LogP contribution >= 0.6 is 27.5 Å². The summed E-state index contributed by atoms with van der Waals surface area (Å²) in [5.41, 5.74) is 6.51. The van der Waals surface area contributed by atoms with E-state index < -0.39 is 11.9 Å². The molecule has 100 valence electrons. The van der Waals surface area contributed by atoms with Gasteiger partial charge in [0.05, 0.1) is 9.50 Å². The van der Waals surface area contributed by atoms with Crippen LogP contribution in [0.3, 0.4) is 0 Å². The molecule has 0 aliphatic rings. The molecule has 6 heteroatoms. The molecule has 19 heavy (non-hydrogen) atoms. The maximum absolute atomic E-state index is 13.4. The van der Waals surface area contributed by atoms with Crippen molar-refractivity contribution in [2.75, 3.05) is 6.54 Å². The van der Waals surface area contributed by atoms with Crippen molar-refractivity contribution in [2.24, 2.45) is 5.73 Å². The van der Waals surface area contributed by atoms with Crippen LogP contribution in [0.2, 0.25) is 5.02 Å². The Morgan fingerprint density at radius 3 is 2.89 bits per heavy atom. The van der Waals surface area contributed by atoms with Crippen LogP contribution in [0.15, 0.2) is 41.1 Å². The highest BCUT2D eigenvalue weighted by Gasteiger charge is 2.15. The Balaban J connectivity index is 2.26. The van der Waals surface area contributed by atoms with Crippen molar-refractivity contribution in [3.8, 4) is 5.75 Å². The van der Waals surface area contributed by atoms with Crippen molar-refractivity contribution >= 4 is 27.5 Å². The van der Waals surface area contributed by atoms with Crippen molar-refractivity contribution in [3.63, 3.8) is 0 Å². The summed E-state index contributed by atoms with van der Waals surface area (Å²) in [5, 5.41) is 0.0323. The van der Waals surface area contributed by atoms with Crippen LogP contribution in [0.25, 0.3) is 0 Å². The van der Waals surface area contributed by atoms with Crippen molar-refractivity contribution in [3.05, 3.63) is 57.5 Å². The zero-order valence-electron chi connectivity index (χ0n) is 9.82. The topological polar surface area (TPSA) is 48.1 Å². The number of hydrogen-bond donors (Lipinski definition) is 1. The average molecular weight is 346 g/mol. The summed E-state index contributed by atoms with van der Waals surface area (Å²) in [4.78, 5) is 4.01. The van der Waals surface area contributed by atoms with Crippen molar-refractivity contribution in [1.29, 1.82) is 0 Å².